The normalized spacial score (nSPS) is 14.3. The van der Waals surface area contributed by atoms with E-state index in [1.807, 2.05) is 30.3 Å². The maximum atomic E-state index is 12.9. The maximum Gasteiger partial charge on any atom is 0.256 e. The summed E-state index contributed by atoms with van der Waals surface area (Å²) in [7, 11) is -3.24. The summed E-state index contributed by atoms with van der Waals surface area (Å²) < 4.78 is 31.4. The number of anilines is 1. The molecule has 1 aromatic heterocycles. The highest BCUT2D eigenvalue weighted by Gasteiger charge is 2.33. The molecule has 0 fully saturated rings. The Balaban J connectivity index is 1.60. The summed E-state index contributed by atoms with van der Waals surface area (Å²) in [5.41, 5.74) is 2.23. The average Bonchev–Trinajstić information content (AvgIpc) is 3.21. The number of carbonyl (C=O) groups excluding carboxylic acids is 1. The van der Waals surface area contributed by atoms with Crippen LogP contribution in [-0.2, 0) is 21.3 Å². The molecule has 1 amide bonds. The first kappa shape index (κ1) is 20.2. The molecule has 1 N–H and O–H groups in total. The van der Waals surface area contributed by atoms with Crippen LogP contribution in [0.4, 0.5) is 5.82 Å². The number of hydrogen-bond acceptors (Lipinski definition) is 5. The van der Waals surface area contributed by atoms with Gasteiger partial charge in [0.2, 0.25) is 0 Å². The standard InChI is InChI=1S/C22H23N3O4S/c1-2-3-13-29-18-11-9-16(10-12-18)22(26)23-21-19-14-30(27,28)15-20(19)24-25(21)17-7-5-4-6-8-17/h4-12H,2-3,13-15H2,1H3,(H,23,26). The molecule has 0 aliphatic carbocycles. The highest BCUT2D eigenvalue weighted by atomic mass is 32.2. The molecule has 2 aromatic carbocycles. The molecule has 0 unspecified atom stereocenters. The zero-order chi connectivity index (χ0) is 21.1. The van der Waals surface area contributed by atoms with Crippen LogP contribution in [0.1, 0.15) is 41.4 Å². The lowest BCUT2D eigenvalue weighted by molar-refractivity contribution is 0.102. The number of benzene rings is 2. The molecule has 1 aliphatic rings. The van der Waals surface area contributed by atoms with Gasteiger partial charge in [-0.05, 0) is 42.8 Å². The Labute approximate surface area is 175 Å². The van der Waals surface area contributed by atoms with E-state index in [4.69, 9.17) is 4.74 Å². The molecule has 30 heavy (non-hydrogen) atoms. The van der Waals surface area contributed by atoms with Crippen molar-refractivity contribution < 1.29 is 17.9 Å². The van der Waals surface area contributed by atoms with E-state index < -0.39 is 9.84 Å². The molecule has 7 nitrogen and oxygen atoms in total. The highest BCUT2D eigenvalue weighted by molar-refractivity contribution is 7.90. The van der Waals surface area contributed by atoms with E-state index in [0.29, 0.717) is 35.0 Å². The molecule has 0 bridgehead atoms. The lowest BCUT2D eigenvalue weighted by atomic mass is 10.2. The predicted molar refractivity (Wildman–Crippen MR) is 115 cm³/mol. The van der Waals surface area contributed by atoms with Crippen molar-refractivity contribution in [3.8, 4) is 11.4 Å². The highest BCUT2D eigenvalue weighted by Crippen LogP contribution is 2.33. The van der Waals surface area contributed by atoms with Crippen LogP contribution in [-0.4, -0.2) is 30.7 Å². The monoisotopic (exact) mass is 425 g/mol. The van der Waals surface area contributed by atoms with E-state index in [1.54, 1.807) is 28.9 Å². The number of para-hydroxylation sites is 1. The zero-order valence-electron chi connectivity index (χ0n) is 16.7. The number of nitrogens with one attached hydrogen (secondary N) is 1. The second kappa shape index (κ2) is 8.31. The third-order valence-electron chi connectivity index (χ3n) is 4.90. The molecule has 0 saturated carbocycles. The van der Waals surface area contributed by atoms with E-state index in [9.17, 15) is 13.2 Å². The fourth-order valence-electron chi connectivity index (χ4n) is 3.34. The molecule has 2 heterocycles. The van der Waals surface area contributed by atoms with Crippen molar-refractivity contribution in [3.05, 3.63) is 71.4 Å². The van der Waals surface area contributed by atoms with Gasteiger partial charge in [0.25, 0.3) is 5.91 Å². The number of fused-ring (bicyclic) bond motifs is 1. The largest absolute Gasteiger partial charge is 0.494 e. The van der Waals surface area contributed by atoms with Gasteiger partial charge in [-0.1, -0.05) is 31.5 Å². The van der Waals surface area contributed by atoms with Gasteiger partial charge in [0.05, 0.1) is 29.5 Å². The topological polar surface area (TPSA) is 90.3 Å². The molecule has 0 saturated heterocycles. The molecular formula is C22H23N3O4S. The van der Waals surface area contributed by atoms with Crippen molar-refractivity contribution in [3.63, 3.8) is 0 Å². The van der Waals surface area contributed by atoms with Gasteiger partial charge >= 0.3 is 0 Å². The van der Waals surface area contributed by atoms with Crippen LogP contribution in [0.2, 0.25) is 0 Å². The number of sulfone groups is 1. The smallest absolute Gasteiger partial charge is 0.256 e. The second-order valence-corrected chi connectivity index (χ2v) is 9.30. The fraction of sp³-hybridized carbons (Fsp3) is 0.273. The van der Waals surface area contributed by atoms with E-state index in [1.165, 1.54) is 0 Å². The Bertz CT molecular complexity index is 1150. The SMILES string of the molecule is CCCCOc1ccc(C(=O)Nc2c3c(nn2-c2ccccc2)CS(=O)(=O)C3)cc1. The van der Waals surface area contributed by atoms with Gasteiger partial charge in [-0.25, -0.2) is 13.1 Å². The maximum absolute atomic E-state index is 12.9. The van der Waals surface area contributed by atoms with E-state index in [0.717, 1.165) is 18.5 Å². The molecule has 3 aromatic rings. The number of amides is 1. The summed E-state index contributed by atoms with van der Waals surface area (Å²) in [6.45, 7) is 2.73. The number of carbonyl (C=O) groups is 1. The molecule has 0 radical (unpaired) electrons. The van der Waals surface area contributed by atoms with Crippen LogP contribution < -0.4 is 10.1 Å². The van der Waals surface area contributed by atoms with Gasteiger partial charge in [-0.3, -0.25) is 4.79 Å². The minimum Gasteiger partial charge on any atom is -0.494 e. The fourth-order valence-corrected chi connectivity index (χ4v) is 4.84. The molecule has 8 heteroatoms. The number of ether oxygens (including phenoxy) is 1. The third-order valence-corrected chi connectivity index (χ3v) is 6.35. The van der Waals surface area contributed by atoms with Crippen LogP contribution in [0.25, 0.3) is 5.69 Å². The summed E-state index contributed by atoms with van der Waals surface area (Å²) in [6.07, 6.45) is 2.02. The van der Waals surface area contributed by atoms with Gasteiger partial charge in [0.15, 0.2) is 9.84 Å². The van der Waals surface area contributed by atoms with Crippen molar-refractivity contribution in [1.82, 2.24) is 9.78 Å². The Morgan fingerprint density at radius 1 is 1.10 bits per heavy atom. The minimum absolute atomic E-state index is 0.116. The first-order valence-corrected chi connectivity index (χ1v) is 11.7. The number of hydrogen-bond donors (Lipinski definition) is 1. The Morgan fingerprint density at radius 3 is 2.53 bits per heavy atom. The van der Waals surface area contributed by atoms with Crippen LogP contribution in [0.5, 0.6) is 5.75 Å². The summed E-state index contributed by atoms with van der Waals surface area (Å²) in [4.78, 5) is 12.9. The molecule has 4 rings (SSSR count). The van der Waals surface area contributed by atoms with Crippen LogP contribution in [0.15, 0.2) is 54.6 Å². The predicted octanol–water partition coefficient (Wildman–Crippen LogP) is 3.73. The zero-order valence-corrected chi connectivity index (χ0v) is 17.5. The number of rotatable bonds is 7. The van der Waals surface area contributed by atoms with Gasteiger partial charge in [-0.2, -0.15) is 5.10 Å². The lowest BCUT2D eigenvalue weighted by Gasteiger charge is -2.11. The Kier molecular flexibility index (Phi) is 5.59. The molecule has 156 valence electrons. The van der Waals surface area contributed by atoms with Crippen LogP contribution in [0.3, 0.4) is 0 Å². The van der Waals surface area contributed by atoms with Crippen molar-refractivity contribution in [1.29, 1.82) is 0 Å². The minimum atomic E-state index is -3.24. The lowest BCUT2D eigenvalue weighted by Crippen LogP contribution is -2.17. The summed E-state index contributed by atoms with van der Waals surface area (Å²) in [6, 6.07) is 16.2. The molecule has 0 atom stereocenters. The summed E-state index contributed by atoms with van der Waals surface area (Å²) in [5, 5.41) is 7.33. The number of aromatic nitrogens is 2. The molecular weight excluding hydrogens is 402 g/mol. The number of unbranched alkanes of at least 4 members (excludes halogenated alkanes) is 1. The molecule has 0 spiro atoms. The first-order valence-electron chi connectivity index (χ1n) is 9.87. The van der Waals surface area contributed by atoms with Crippen molar-refractivity contribution in [2.45, 2.75) is 31.3 Å². The summed E-state index contributed by atoms with van der Waals surface area (Å²) >= 11 is 0. The Morgan fingerprint density at radius 2 is 1.83 bits per heavy atom. The van der Waals surface area contributed by atoms with Gasteiger partial charge in [0.1, 0.15) is 11.6 Å². The third kappa shape index (κ3) is 4.23. The Hall–Kier alpha value is -3.13. The van der Waals surface area contributed by atoms with Gasteiger partial charge in [-0.15, -0.1) is 0 Å². The van der Waals surface area contributed by atoms with Crippen molar-refractivity contribution in [2.75, 3.05) is 11.9 Å². The quantitative estimate of drug-likeness (QED) is 0.583. The second-order valence-electron chi connectivity index (χ2n) is 7.23. The van der Waals surface area contributed by atoms with E-state index in [2.05, 4.69) is 17.3 Å². The first-order chi connectivity index (χ1) is 14.5. The van der Waals surface area contributed by atoms with Crippen molar-refractivity contribution >= 4 is 21.6 Å². The molecule has 1 aliphatic heterocycles. The number of nitrogens with zero attached hydrogens (tertiary/aromatic N) is 2. The van der Waals surface area contributed by atoms with Crippen molar-refractivity contribution in [2.24, 2.45) is 0 Å². The average molecular weight is 426 g/mol. The summed E-state index contributed by atoms with van der Waals surface area (Å²) in [5.74, 6) is 0.523. The van der Waals surface area contributed by atoms with Crippen LogP contribution >= 0.6 is 0 Å². The van der Waals surface area contributed by atoms with E-state index in [-0.39, 0.29) is 17.4 Å². The van der Waals surface area contributed by atoms with E-state index >= 15 is 0 Å². The van der Waals surface area contributed by atoms with Crippen LogP contribution in [0, 0.1) is 0 Å². The van der Waals surface area contributed by atoms with Gasteiger partial charge in [0, 0.05) is 11.1 Å². The van der Waals surface area contributed by atoms with Gasteiger partial charge < -0.3 is 10.1 Å².